The summed E-state index contributed by atoms with van der Waals surface area (Å²) in [4.78, 5) is 11.6. The van der Waals surface area contributed by atoms with Crippen LogP contribution in [0.5, 0.6) is 17.4 Å². The van der Waals surface area contributed by atoms with Crippen LogP contribution < -0.4 is 15.0 Å². The van der Waals surface area contributed by atoms with E-state index in [1.165, 1.54) is 62.5 Å². The average Bonchev–Trinajstić information content (AvgIpc) is 2.73. The lowest BCUT2D eigenvalue weighted by atomic mass is 9.77. The highest BCUT2D eigenvalue weighted by atomic mass is 32.2. The molecule has 12 heteroatoms. The van der Waals surface area contributed by atoms with Crippen molar-refractivity contribution in [1.82, 2.24) is 9.78 Å². The molecule has 0 aliphatic carbocycles. The van der Waals surface area contributed by atoms with Crippen molar-refractivity contribution in [3.8, 4) is 17.4 Å². The molecule has 1 aromatic heterocycles. The minimum absolute atomic E-state index is 0. The molecule has 2 atom stereocenters. The molecule has 1 aliphatic rings. The van der Waals surface area contributed by atoms with Crippen molar-refractivity contribution in [2.45, 2.75) is 47.9 Å². The predicted molar refractivity (Wildman–Crippen MR) is 125 cm³/mol. The summed E-state index contributed by atoms with van der Waals surface area (Å²) in [6.45, 7) is 4.91. The topological polar surface area (TPSA) is 191 Å². The monoisotopic (exact) mass is 508 g/mol. The van der Waals surface area contributed by atoms with Gasteiger partial charge in [0.05, 0.1) is 9.79 Å². The maximum atomic E-state index is 13.2. The summed E-state index contributed by atoms with van der Waals surface area (Å²) in [6.07, 6.45) is -1.07. The summed E-state index contributed by atoms with van der Waals surface area (Å²) in [7, 11) is -2.52. The fourth-order valence-corrected chi connectivity index (χ4v) is 4.95. The van der Waals surface area contributed by atoms with Gasteiger partial charge in [0.25, 0.3) is 5.56 Å². The van der Waals surface area contributed by atoms with E-state index in [0.717, 1.165) is 10.7 Å². The number of aryl methyl sites for hydroxylation is 1. The van der Waals surface area contributed by atoms with E-state index in [1.54, 1.807) is 13.8 Å². The first-order chi connectivity index (χ1) is 15.3. The Kier molecular flexibility index (Phi) is 7.39. The molecular formula is C23H28N2O9S. The maximum absolute atomic E-state index is 13.2. The van der Waals surface area contributed by atoms with Crippen LogP contribution in [0.2, 0.25) is 0 Å². The number of benzene rings is 2. The van der Waals surface area contributed by atoms with Crippen LogP contribution >= 0.6 is 0 Å². The van der Waals surface area contributed by atoms with Gasteiger partial charge >= 0.3 is 0 Å². The highest BCUT2D eigenvalue weighted by Crippen LogP contribution is 2.48. The number of phenols is 1. The SMILES string of the molecule is Cn1nc(O[C@@H]2c3cc(S(=O)(=O)c4cccc(O)c4)ccc3OC(C)(C)[C@@]2(C)O)ccc1=O.O.O. The first kappa shape index (κ1) is 27.8. The van der Waals surface area contributed by atoms with Crippen LogP contribution in [-0.2, 0) is 16.9 Å². The van der Waals surface area contributed by atoms with Gasteiger partial charge in [-0.05, 0) is 57.2 Å². The molecule has 11 nitrogen and oxygen atoms in total. The molecule has 0 fully saturated rings. The first-order valence-electron chi connectivity index (χ1n) is 10.1. The van der Waals surface area contributed by atoms with Crippen LogP contribution in [0.1, 0.15) is 32.4 Å². The number of nitrogens with zero attached hydrogens (tertiary/aromatic N) is 2. The number of rotatable bonds is 4. The van der Waals surface area contributed by atoms with E-state index in [1.807, 2.05) is 0 Å². The molecule has 1 aliphatic heterocycles. The molecule has 6 N–H and O–H groups in total. The summed E-state index contributed by atoms with van der Waals surface area (Å²) in [5.41, 5.74) is -2.74. The standard InChI is InChI=1S/C23H24N2O7S.2H2O/c1-22(2)23(3,28)21(31-19-10-11-20(27)25(4)24-19)17-13-16(8-9-18(17)32-22)33(29,30)15-7-5-6-14(26)12-15;;/h5-13,21,26,28H,1-4H3;2*1H2/t21-,23+;;/m1../s1. The second-order valence-electron chi connectivity index (χ2n) is 8.59. The van der Waals surface area contributed by atoms with E-state index >= 15 is 0 Å². The van der Waals surface area contributed by atoms with Crippen molar-refractivity contribution < 1.29 is 39.1 Å². The Morgan fingerprint density at radius 2 is 1.69 bits per heavy atom. The van der Waals surface area contributed by atoms with Gasteiger partial charge < -0.3 is 30.6 Å². The second-order valence-corrected chi connectivity index (χ2v) is 10.5. The Labute approximate surface area is 201 Å². The van der Waals surface area contributed by atoms with Crippen LogP contribution in [0.25, 0.3) is 0 Å². The smallest absolute Gasteiger partial charge is 0.266 e. The Morgan fingerprint density at radius 1 is 1.03 bits per heavy atom. The largest absolute Gasteiger partial charge is 0.508 e. The van der Waals surface area contributed by atoms with Crippen molar-refractivity contribution in [1.29, 1.82) is 0 Å². The van der Waals surface area contributed by atoms with E-state index < -0.39 is 27.1 Å². The number of aromatic hydroxyl groups is 1. The summed E-state index contributed by atoms with van der Waals surface area (Å²) >= 11 is 0. The minimum Gasteiger partial charge on any atom is -0.508 e. The maximum Gasteiger partial charge on any atom is 0.266 e. The number of aromatic nitrogens is 2. The molecule has 2 aromatic carbocycles. The van der Waals surface area contributed by atoms with E-state index in [2.05, 4.69) is 5.10 Å². The third-order valence-electron chi connectivity index (χ3n) is 5.97. The number of sulfone groups is 1. The van der Waals surface area contributed by atoms with Crippen LogP contribution in [0.3, 0.4) is 0 Å². The van der Waals surface area contributed by atoms with Gasteiger partial charge in [-0.25, -0.2) is 13.1 Å². The summed E-state index contributed by atoms with van der Waals surface area (Å²) in [6, 6.07) is 12.3. The van der Waals surface area contributed by atoms with Crippen LogP contribution in [0, 0.1) is 0 Å². The Hall–Kier alpha value is -3.45. The van der Waals surface area contributed by atoms with Gasteiger partial charge in [0.1, 0.15) is 22.7 Å². The van der Waals surface area contributed by atoms with Crippen molar-refractivity contribution >= 4 is 9.84 Å². The Morgan fingerprint density at radius 3 is 2.31 bits per heavy atom. The van der Waals surface area contributed by atoms with Gasteiger partial charge in [0, 0.05) is 24.7 Å². The van der Waals surface area contributed by atoms with Gasteiger partial charge in [0.15, 0.2) is 6.10 Å². The van der Waals surface area contributed by atoms with Crippen LogP contribution in [0.15, 0.2) is 69.2 Å². The molecule has 35 heavy (non-hydrogen) atoms. The second kappa shape index (κ2) is 9.30. The third-order valence-corrected chi connectivity index (χ3v) is 7.72. The Bertz CT molecular complexity index is 1400. The molecule has 3 aromatic rings. The van der Waals surface area contributed by atoms with E-state index in [9.17, 15) is 23.4 Å². The van der Waals surface area contributed by atoms with E-state index in [0.29, 0.717) is 11.3 Å². The highest BCUT2D eigenvalue weighted by Gasteiger charge is 2.54. The van der Waals surface area contributed by atoms with Gasteiger partial charge in [-0.1, -0.05) is 6.07 Å². The molecule has 0 bridgehead atoms. The molecule has 0 amide bonds. The normalized spacial score (nSPS) is 20.4. The number of phenolic OH excluding ortho intramolecular Hbond substituents is 1. The molecule has 0 saturated heterocycles. The van der Waals surface area contributed by atoms with Gasteiger partial charge in [-0.15, -0.1) is 5.10 Å². The summed E-state index contributed by atoms with van der Waals surface area (Å²) in [5.74, 6) is 0.243. The van der Waals surface area contributed by atoms with Crippen LogP contribution in [-0.4, -0.2) is 50.6 Å². The zero-order valence-electron chi connectivity index (χ0n) is 19.5. The molecule has 0 radical (unpaired) electrons. The summed E-state index contributed by atoms with van der Waals surface area (Å²) < 4.78 is 39.5. The molecule has 0 spiro atoms. The molecule has 2 heterocycles. The lowest BCUT2D eigenvalue weighted by Gasteiger charge is -2.48. The van der Waals surface area contributed by atoms with E-state index in [-0.39, 0.29) is 37.9 Å². The molecule has 4 rings (SSSR count). The number of hydrogen-bond acceptors (Lipinski definition) is 8. The third kappa shape index (κ3) is 4.73. The molecule has 190 valence electrons. The first-order valence-corrected chi connectivity index (χ1v) is 11.6. The predicted octanol–water partition coefficient (Wildman–Crippen LogP) is 0.711. The quantitative estimate of drug-likeness (QED) is 0.514. The summed E-state index contributed by atoms with van der Waals surface area (Å²) in [5, 5.41) is 25.2. The minimum atomic E-state index is -3.98. The number of fused-ring (bicyclic) bond motifs is 1. The molecular weight excluding hydrogens is 480 g/mol. The van der Waals surface area contributed by atoms with Gasteiger partial charge in [-0.2, -0.15) is 0 Å². The van der Waals surface area contributed by atoms with Crippen molar-refractivity contribution in [3.05, 3.63) is 70.5 Å². The molecule has 0 unspecified atom stereocenters. The zero-order chi connectivity index (χ0) is 24.2. The van der Waals surface area contributed by atoms with Crippen LogP contribution in [0.4, 0.5) is 0 Å². The molecule has 0 saturated carbocycles. The number of hydrogen-bond donors (Lipinski definition) is 2. The van der Waals surface area contributed by atoms with E-state index in [4.69, 9.17) is 9.47 Å². The van der Waals surface area contributed by atoms with Crippen molar-refractivity contribution in [2.24, 2.45) is 7.05 Å². The number of aliphatic hydroxyl groups is 1. The average molecular weight is 509 g/mol. The van der Waals surface area contributed by atoms with Gasteiger partial charge in [0.2, 0.25) is 15.7 Å². The Balaban J connectivity index is 0.00000216. The fourth-order valence-electron chi connectivity index (χ4n) is 3.62. The lowest BCUT2D eigenvalue weighted by molar-refractivity contribution is -0.175. The number of ether oxygens (including phenoxy) is 2. The lowest BCUT2D eigenvalue weighted by Crippen LogP contribution is -2.59. The van der Waals surface area contributed by atoms with Gasteiger partial charge in [-0.3, -0.25) is 4.79 Å². The van der Waals surface area contributed by atoms with Crippen molar-refractivity contribution in [3.63, 3.8) is 0 Å². The zero-order valence-corrected chi connectivity index (χ0v) is 20.3. The fraction of sp³-hybridized carbons (Fsp3) is 0.304. The van der Waals surface area contributed by atoms with Crippen molar-refractivity contribution in [2.75, 3.05) is 0 Å². The highest BCUT2D eigenvalue weighted by molar-refractivity contribution is 7.91.